The summed E-state index contributed by atoms with van der Waals surface area (Å²) < 4.78 is 47.1. The number of nitrogens with two attached hydrogens (primary N) is 1. The maximum Gasteiger partial charge on any atom is 0.261 e. The number of alkyl halides is 2. The zero-order valence-corrected chi connectivity index (χ0v) is 11.4. The van der Waals surface area contributed by atoms with E-state index in [9.17, 15) is 18.0 Å². The minimum atomic E-state index is -2.73. The smallest absolute Gasteiger partial charge is 0.261 e. The molecule has 3 rings (SSSR count). The van der Waals surface area contributed by atoms with Gasteiger partial charge in [-0.3, -0.25) is 4.79 Å². The van der Waals surface area contributed by atoms with Crippen molar-refractivity contribution in [2.45, 2.75) is 31.6 Å². The van der Waals surface area contributed by atoms with Gasteiger partial charge in [-0.15, -0.1) is 0 Å². The van der Waals surface area contributed by atoms with Crippen LogP contribution in [-0.2, 0) is 0 Å². The summed E-state index contributed by atoms with van der Waals surface area (Å²) in [5.41, 5.74) is 3.58. The Hall–Kier alpha value is -1.72. The van der Waals surface area contributed by atoms with E-state index in [0.29, 0.717) is 12.8 Å². The van der Waals surface area contributed by atoms with Gasteiger partial charge in [-0.25, -0.2) is 13.2 Å². The minimum Gasteiger partial charge on any atom is -0.490 e. The Morgan fingerprint density at radius 1 is 1.38 bits per heavy atom. The molecular weight excluding hydrogens is 283 g/mol. The molecule has 0 saturated heterocycles. The Labute approximate surface area is 120 Å². The SMILES string of the molecule is NC(=O)c1cccc(OCC23CCCCC2C3(F)F)c1F. The lowest BCUT2D eigenvalue weighted by Gasteiger charge is -2.21. The summed E-state index contributed by atoms with van der Waals surface area (Å²) in [6, 6.07) is 3.97. The Bertz CT molecular complexity index is 590. The van der Waals surface area contributed by atoms with Crippen molar-refractivity contribution in [3.05, 3.63) is 29.6 Å². The van der Waals surface area contributed by atoms with Gasteiger partial charge in [0.1, 0.15) is 6.61 Å². The summed E-state index contributed by atoms with van der Waals surface area (Å²) in [5, 5.41) is 0. The number of hydrogen-bond donors (Lipinski definition) is 1. The van der Waals surface area contributed by atoms with Crippen molar-refractivity contribution < 1.29 is 22.7 Å². The highest BCUT2D eigenvalue weighted by Crippen LogP contribution is 2.72. The Balaban J connectivity index is 1.77. The van der Waals surface area contributed by atoms with Crippen LogP contribution < -0.4 is 10.5 Å². The topological polar surface area (TPSA) is 52.3 Å². The zero-order valence-electron chi connectivity index (χ0n) is 11.4. The van der Waals surface area contributed by atoms with E-state index in [1.165, 1.54) is 18.2 Å². The van der Waals surface area contributed by atoms with Crippen molar-refractivity contribution in [2.75, 3.05) is 6.61 Å². The molecule has 2 saturated carbocycles. The van der Waals surface area contributed by atoms with Crippen LogP contribution >= 0.6 is 0 Å². The number of rotatable bonds is 4. The second kappa shape index (κ2) is 4.64. The monoisotopic (exact) mass is 299 g/mol. The molecule has 0 aromatic heterocycles. The molecule has 2 aliphatic carbocycles. The number of benzene rings is 1. The fraction of sp³-hybridized carbons (Fsp3) is 0.533. The van der Waals surface area contributed by atoms with Crippen molar-refractivity contribution in [3.8, 4) is 5.75 Å². The Kier molecular flexibility index (Phi) is 3.15. The van der Waals surface area contributed by atoms with E-state index in [0.717, 1.165) is 12.8 Å². The average molecular weight is 299 g/mol. The molecule has 2 N–H and O–H groups in total. The van der Waals surface area contributed by atoms with Crippen LogP contribution in [0.2, 0.25) is 0 Å². The summed E-state index contributed by atoms with van der Waals surface area (Å²) in [7, 11) is 0. The summed E-state index contributed by atoms with van der Waals surface area (Å²) in [6.07, 6.45) is 2.41. The molecule has 2 atom stereocenters. The molecule has 114 valence electrons. The molecule has 0 spiro atoms. The molecule has 0 radical (unpaired) electrons. The third-order valence-electron chi connectivity index (χ3n) is 4.76. The molecule has 21 heavy (non-hydrogen) atoms. The van der Waals surface area contributed by atoms with Crippen molar-refractivity contribution >= 4 is 5.91 Å². The first-order valence-electron chi connectivity index (χ1n) is 6.99. The second-order valence-electron chi connectivity index (χ2n) is 5.85. The summed E-state index contributed by atoms with van der Waals surface area (Å²) in [5.74, 6) is -5.41. The average Bonchev–Trinajstić information content (AvgIpc) is 2.95. The van der Waals surface area contributed by atoms with Crippen LogP contribution in [0.25, 0.3) is 0 Å². The predicted molar refractivity (Wildman–Crippen MR) is 69.8 cm³/mol. The highest BCUT2D eigenvalue weighted by Gasteiger charge is 2.80. The van der Waals surface area contributed by atoms with Gasteiger partial charge in [-0.1, -0.05) is 18.9 Å². The predicted octanol–water partition coefficient (Wildman–Crippen LogP) is 3.13. The Morgan fingerprint density at radius 2 is 2.14 bits per heavy atom. The van der Waals surface area contributed by atoms with Crippen LogP contribution in [0.1, 0.15) is 36.0 Å². The molecule has 0 aliphatic heterocycles. The Morgan fingerprint density at radius 3 is 2.81 bits per heavy atom. The van der Waals surface area contributed by atoms with Gasteiger partial charge in [0.05, 0.1) is 11.0 Å². The van der Waals surface area contributed by atoms with E-state index < -0.39 is 29.0 Å². The fourth-order valence-corrected chi connectivity index (χ4v) is 3.47. The molecule has 1 aromatic rings. The lowest BCUT2D eigenvalue weighted by molar-refractivity contribution is 0.0363. The lowest BCUT2D eigenvalue weighted by atomic mass is 9.89. The maximum absolute atomic E-state index is 14.0. The standard InChI is InChI=1S/C15H16F3NO2/c16-12-9(13(19)20)4-3-5-10(12)21-8-14-7-2-1-6-11(14)15(14,17)18/h3-5,11H,1-2,6-8H2,(H2,19,20). The van der Waals surface area contributed by atoms with Crippen molar-refractivity contribution in [2.24, 2.45) is 17.1 Å². The molecule has 2 unspecified atom stereocenters. The number of hydrogen-bond acceptors (Lipinski definition) is 2. The van der Waals surface area contributed by atoms with Crippen molar-refractivity contribution in [3.63, 3.8) is 0 Å². The normalized spacial score (nSPS) is 29.6. The molecule has 1 aromatic carbocycles. The molecule has 0 heterocycles. The van der Waals surface area contributed by atoms with E-state index >= 15 is 0 Å². The van der Waals surface area contributed by atoms with Gasteiger partial charge in [-0.05, 0) is 25.0 Å². The number of fused-ring (bicyclic) bond motifs is 1. The largest absolute Gasteiger partial charge is 0.490 e. The van der Waals surface area contributed by atoms with E-state index in [2.05, 4.69) is 0 Å². The summed E-state index contributed by atoms with van der Waals surface area (Å²) >= 11 is 0. The van der Waals surface area contributed by atoms with Crippen LogP contribution in [0.3, 0.4) is 0 Å². The van der Waals surface area contributed by atoms with Crippen LogP contribution in [0.4, 0.5) is 13.2 Å². The van der Waals surface area contributed by atoms with Crippen LogP contribution in [0, 0.1) is 17.2 Å². The molecule has 0 bridgehead atoms. The number of halogens is 3. The van der Waals surface area contributed by atoms with Crippen molar-refractivity contribution in [1.29, 1.82) is 0 Å². The third kappa shape index (κ3) is 2.00. The molecular formula is C15H16F3NO2. The van der Waals surface area contributed by atoms with Crippen molar-refractivity contribution in [1.82, 2.24) is 0 Å². The fourth-order valence-electron chi connectivity index (χ4n) is 3.47. The van der Waals surface area contributed by atoms with Gasteiger partial charge in [0.25, 0.3) is 11.8 Å². The lowest BCUT2D eigenvalue weighted by Crippen LogP contribution is -2.23. The van der Waals surface area contributed by atoms with Crippen LogP contribution in [0.15, 0.2) is 18.2 Å². The highest BCUT2D eigenvalue weighted by atomic mass is 19.3. The maximum atomic E-state index is 14.0. The summed E-state index contributed by atoms with van der Waals surface area (Å²) in [6.45, 7) is -0.232. The van der Waals surface area contributed by atoms with Gasteiger partial charge in [0.2, 0.25) is 0 Å². The van der Waals surface area contributed by atoms with E-state index in [1.807, 2.05) is 0 Å². The number of primary amides is 1. The van der Waals surface area contributed by atoms with Gasteiger partial charge in [0, 0.05) is 5.92 Å². The van der Waals surface area contributed by atoms with Gasteiger partial charge in [-0.2, -0.15) is 0 Å². The number of carbonyl (C=O) groups is 1. The quantitative estimate of drug-likeness (QED) is 0.928. The minimum absolute atomic E-state index is 0.201. The van der Waals surface area contributed by atoms with E-state index in [4.69, 9.17) is 10.5 Å². The second-order valence-corrected chi connectivity index (χ2v) is 5.85. The summed E-state index contributed by atoms with van der Waals surface area (Å²) in [4.78, 5) is 11.1. The highest BCUT2D eigenvalue weighted by molar-refractivity contribution is 5.93. The molecule has 2 aliphatic rings. The van der Waals surface area contributed by atoms with Gasteiger partial charge >= 0.3 is 0 Å². The third-order valence-corrected chi connectivity index (χ3v) is 4.76. The first-order valence-corrected chi connectivity index (χ1v) is 6.99. The molecule has 2 fully saturated rings. The number of carbonyl (C=O) groups excluding carboxylic acids is 1. The number of amides is 1. The first kappa shape index (κ1) is 14.2. The van der Waals surface area contributed by atoms with E-state index in [-0.39, 0.29) is 17.9 Å². The number of ether oxygens (including phenoxy) is 1. The van der Waals surface area contributed by atoms with Crippen LogP contribution in [0.5, 0.6) is 5.75 Å². The molecule has 6 heteroatoms. The van der Waals surface area contributed by atoms with Gasteiger partial charge < -0.3 is 10.5 Å². The van der Waals surface area contributed by atoms with Crippen LogP contribution in [-0.4, -0.2) is 18.4 Å². The first-order chi connectivity index (χ1) is 9.90. The van der Waals surface area contributed by atoms with Gasteiger partial charge in [0.15, 0.2) is 11.6 Å². The zero-order chi connectivity index (χ0) is 15.3. The molecule has 3 nitrogen and oxygen atoms in total. The molecule has 1 amide bonds. The van der Waals surface area contributed by atoms with E-state index in [1.54, 1.807) is 0 Å².